The van der Waals surface area contributed by atoms with E-state index in [0.717, 1.165) is 31.0 Å². The number of hydrogen-bond donors (Lipinski definition) is 1. The van der Waals surface area contributed by atoms with E-state index in [-0.39, 0.29) is 12.0 Å². The normalized spacial score (nSPS) is 20.8. The second kappa shape index (κ2) is 6.26. The Balaban J connectivity index is 2.04. The van der Waals surface area contributed by atoms with Gasteiger partial charge in [-0.15, -0.1) is 11.3 Å². The standard InChI is InChI=1S/C12H19N3O2S/c1-9-7-15(5-2-6-17-9)12(16)10-8-18-11(14-10)3-4-13/h8-9H,2-7,13H2,1H3. The maximum atomic E-state index is 12.3. The molecule has 2 rings (SSSR count). The number of hydrogen-bond acceptors (Lipinski definition) is 5. The molecule has 1 aromatic heterocycles. The van der Waals surface area contributed by atoms with Gasteiger partial charge in [0.2, 0.25) is 0 Å². The Morgan fingerprint density at radius 1 is 1.72 bits per heavy atom. The Morgan fingerprint density at radius 3 is 3.33 bits per heavy atom. The molecule has 0 aromatic carbocycles. The molecule has 0 saturated carbocycles. The molecule has 5 nitrogen and oxygen atoms in total. The fourth-order valence-corrected chi connectivity index (χ4v) is 2.78. The number of carbonyl (C=O) groups is 1. The highest BCUT2D eigenvalue weighted by Gasteiger charge is 2.22. The largest absolute Gasteiger partial charge is 0.377 e. The Bertz CT molecular complexity index is 408. The van der Waals surface area contributed by atoms with E-state index in [9.17, 15) is 4.79 Å². The van der Waals surface area contributed by atoms with Gasteiger partial charge in [0.25, 0.3) is 5.91 Å². The molecular weight excluding hydrogens is 250 g/mol. The molecule has 0 spiro atoms. The maximum absolute atomic E-state index is 12.3. The van der Waals surface area contributed by atoms with Crippen LogP contribution in [0, 0.1) is 0 Å². The number of nitrogens with two attached hydrogens (primary N) is 1. The number of nitrogens with zero attached hydrogens (tertiary/aromatic N) is 2. The van der Waals surface area contributed by atoms with Crippen molar-refractivity contribution in [3.8, 4) is 0 Å². The Labute approximate surface area is 111 Å². The van der Waals surface area contributed by atoms with Crippen LogP contribution in [0.5, 0.6) is 0 Å². The lowest BCUT2D eigenvalue weighted by atomic mass is 10.3. The van der Waals surface area contributed by atoms with Crippen LogP contribution in [0.25, 0.3) is 0 Å². The predicted octanol–water partition coefficient (Wildman–Crippen LogP) is 0.895. The van der Waals surface area contributed by atoms with Crippen molar-refractivity contribution in [2.75, 3.05) is 26.2 Å². The van der Waals surface area contributed by atoms with E-state index in [0.29, 0.717) is 18.8 Å². The molecular formula is C12H19N3O2S. The first kappa shape index (κ1) is 13.5. The molecule has 1 fully saturated rings. The summed E-state index contributed by atoms with van der Waals surface area (Å²) in [6, 6.07) is 0. The first-order valence-electron chi connectivity index (χ1n) is 6.26. The summed E-state index contributed by atoms with van der Waals surface area (Å²) in [7, 11) is 0. The van der Waals surface area contributed by atoms with E-state index in [1.807, 2.05) is 17.2 Å². The zero-order chi connectivity index (χ0) is 13.0. The number of rotatable bonds is 3. The summed E-state index contributed by atoms with van der Waals surface area (Å²) in [6.45, 7) is 4.66. The minimum Gasteiger partial charge on any atom is -0.377 e. The summed E-state index contributed by atoms with van der Waals surface area (Å²) in [6.07, 6.45) is 1.71. The van der Waals surface area contributed by atoms with E-state index in [1.54, 1.807) is 0 Å². The lowest BCUT2D eigenvalue weighted by molar-refractivity contribution is 0.0560. The van der Waals surface area contributed by atoms with E-state index >= 15 is 0 Å². The summed E-state index contributed by atoms with van der Waals surface area (Å²) in [4.78, 5) is 18.5. The van der Waals surface area contributed by atoms with Gasteiger partial charge in [-0.1, -0.05) is 0 Å². The monoisotopic (exact) mass is 269 g/mol. The molecule has 6 heteroatoms. The van der Waals surface area contributed by atoms with Crippen molar-refractivity contribution >= 4 is 17.2 Å². The van der Waals surface area contributed by atoms with Crippen molar-refractivity contribution in [2.24, 2.45) is 5.73 Å². The molecule has 0 radical (unpaired) electrons. The van der Waals surface area contributed by atoms with E-state index < -0.39 is 0 Å². The zero-order valence-corrected chi connectivity index (χ0v) is 11.4. The summed E-state index contributed by atoms with van der Waals surface area (Å²) >= 11 is 1.50. The van der Waals surface area contributed by atoms with E-state index in [1.165, 1.54) is 11.3 Å². The fraction of sp³-hybridized carbons (Fsp3) is 0.667. The van der Waals surface area contributed by atoms with Crippen molar-refractivity contribution in [3.05, 3.63) is 16.1 Å². The van der Waals surface area contributed by atoms with Gasteiger partial charge in [0.05, 0.1) is 11.1 Å². The molecule has 1 unspecified atom stereocenters. The van der Waals surface area contributed by atoms with Gasteiger partial charge in [-0.25, -0.2) is 4.98 Å². The first-order chi connectivity index (χ1) is 8.70. The number of ether oxygens (including phenoxy) is 1. The average molecular weight is 269 g/mol. The van der Waals surface area contributed by atoms with Crippen LogP contribution in [0.3, 0.4) is 0 Å². The lowest BCUT2D eigenvalue weighted by Gasteiger charge is -2.20. The van der Waals surface area contributed by atoms with Crippen molar-refractivity contribution in [2.45, 2.75) is 25.9 Å². The molecule has 1 aliphatic rings. The van der Waals surface area contributed by atoms with Crippen LogP contribution < -0.4 is 5.73 Å². The number of thiazole rings is 1. The second-order valence-corrected chi connectivity index (χ2v) is 5.39. The van der Waals surface area contributed by atoms with Crippen molar-refractivity contribution in [1.82, 2.24) is 9.88 Å². The number of carbonyl (C=O) groups excluding carboxylic acids is 1. The van der Waals surface area contributed by atoms with Gasteiger partial charge in [0, 0.05) is 31.5 Å². The lowest BCUT2D eigenvalue weighted by Crippen LogP contribution is -2.36. The minimum absolute atomic E-state index is 0.00636. The molecule has 0 aliphatic carbocycles. The SMILES string of the molecule is CC1CN(C(=O)c2csc(CCN)n2)CCCO1. The molecule has 100 valence electrons. The van der Waals surface area contributed by atoms with Crippen LogP contribution in [-0.2, 0) is 11.2 Å². The molecule has 1 atom stereocenters. The summed E-state index contributed by atoms with van der Waals surface area (Å²) in [5, 5.41) is 2.75. The molecule has 1 aromatic rings. The van der Waals surface area contributed by atoms with E-state index in [2.05, 4.69) is 4.98 Å². The third-order valence-corrected chi connectivity index (χ3v) is 3.78. The van der Waals surface area contributed by atoms with Crippen LogP contribution in [0.4, 0.5) is 0 Å². The molecule has 0 bridgehead atoms. The number of amides is 1. The van der Waals surface area contributed by atoms with Gasteiger partial charge < -0.3 is 15.4 Å². The highest BCUT2D eigenvalue weighted by atomic mass is 32.1. The zero-order valence-electron chi connectivity index (χ0n) is 10.6. The van der Waals surface area contributed by atoms with E-state index in [4.69, 9.17) is 10.5 Å². The third-order valence-electron chi connectivity index (χ3n) is 2.87. The van der Waals surface area contributed by atoms with Crippen LogP contribution in [0.1, 0.15) is 28.8 Å². The van der Waals surface area contributed by atoms with Crippen molar-refractivity contribution in [1.29, 1.82) is 0 Å². The van der Waals surface area contributed by atoms with Gasteiger partial charge in [-0.05, 0) is 19.9 Å². The maximum Gasteiger partial charge on any atom is 0.273 e. The minimum atomic E-state index is 0.00636. The highest BCUT2D eigenvalue weighted by Crippen LogP contribution is 2.14. The van der Waals surface area contributed by atoms with Gasteiger partial charge in [0.15, 0.2) is 0 Å². The van der Waals surface area contributed by atoms with Gasteiger partial charge in [0.1, 0.15) is 5.69 Å². The van der Waals surface area contributed by atoms with Crippen LogP contribution in [-0.4, -0.2) is 48.1 Å². The molecule has 2 heterocycles. The fourth-order valence-electron chi connectivity index (χ4n) is 1.99. The first-order valence-corrected chi connectivity index (χ1v) is 7.14. The van der Waals surface area contributed by atoms with Crippen molar-refractivity contribution in [3.63, 3.8) is 0 Å². The Hall–Kier alpha value is -0.980. The smallest absolute Gasteiger partial charge is 0.273 e. The Morgan fingerprint density at radius 2 is 2.56 bits per heavy atom. The predicted molar refractivity (Wildman–Crippen MR) is 70.8 cm³/mol. The van der Waals surface area contributed by atoms with Crippen molar-refractivity contribution < 1.29 is 9.53 Å². The van der Waals surface area contributed by atoms with Crippen LogP contribution >= 0.6 is 11.3 Å². The molecule has 1 amide bonds. The highest BCUT2D eigenvalue weighted by molar-refractivity contribution is 7.09. The topological polar surface area (TPSA) is 68.5 Å². The van der Waals surface area contributed by atoms with Gasteiger partial charge >= 0.3 is 0 Å². The third kappa shape index (κ3) is 3.28. The quantitative estimate of drug-likeness (QED) is 0.885. The molecule has 2 N–H and O–H groups in total. The molecule has 1 saturated heterocycles. The Kier molecular flexibility index (Phi) is 4.68. The molecule has 18 heavy (non-hydrogen) atoms. The summed E-state index contributed by atoms with van der Waals surface area (Å²) < 4.78 is 5.53. The summed E-state index contributed by atoms with van der Waals surface area (Å²) in [5.74, 6) is 0.00636. The summed E-state index contributed by atoms with van der Waals surface area (Å²) in [5.41, 5.74) is 6.02. The van der Waals surface area contributed by atoms with Crippen LogP contribution in [0.15, 0.2) is 5.38 Å². The van der Waals surface area contributed by atoms with Crippen LogP contribution in [0.2, 0.25) is 0 Å². The number of aromatic nitrogens is 1. The van der Waals surface area contributed by atoms with Gasteiger partial charge in [-0.2, -0.15) is 0 Å². The van der Waals surface area contributed by atoms with Gasteiger partial charge in [-0.3, -0.25) is 4.79 Å². The average Bonchev–Trinajstić information content (AvgIpc) is 2.70. The second-order valence-electron chi connectivity index (χ2n) is 4.45. The molecule has 1 aliphatic heterocycles.